The molecule has 5 nitrogen and oxygen atoms in total. The zero-order valence-corrected chi connectivity index (χ0v) is 16.5. The number of nitriles is 1. The molecule has 0 aliphatic carbocycles. The summed E-state index contributed by atoms with van der Waals surface area (Å²) in [4.78, 5) is 4.58. The molecule has 1 unspecified atom stereocenters. The van der Waals surface area contributed by atoms with Gasteiger partial charge in [-0.3, -0.25) is 0 Å². The number of rotatable bonds is 5. The van der Waals surface area contributed by atoms with Crippen molar-refractivity contribution >= 4 is 29.9 Å². The molecule has 0 saturated carbocycles. The Morgan fingerprint density at radius 1 is 1.25 bits per heavy atom. The second-order valence-electron chi connectivity index (χ2n) is 5.32. The summed E-state index contributed by atoms with van der Waals surface area (Å²) in [6, 6.07) is 13.5. The number of aryl methyl sites for hydroxylation is 1. The van der Waals surface area contributed by atoms with Gasteiger partial charge < -0.3 is 15.1 Å². The molecule has 0 radical (unpaired) electrons. The lowest BCUT2D eigenvalue weighted by Gasteiger charge is -2.16. The molecule has 1 aromatic carbocycles. The Balaban J connectivity index is 0.00000288. The van der Waals surface area contributed by atoms with Crippen LogP contribution in [-0.4, -0.2) is 12.5 Å². The molecule has 1 atom stereocenters. The maximum Gasteiger partial charge on any atom is 0.192 e. The molecule has 2 N–H and O–H groups in total. The Hall–Kier alpha value is -2.01. The average Bonchev–Trinajstić information content (AvgIpc) is 3.00. The van der Waals surface area contributed by atoms with Gasteiger partial charge in [0.2, 0.25) is 0 Å². The van der Waals surface area contributed by atoms with E-state index in [1.54, 1.807) is 12.1 Å². The predicted octanol–water partition coefficient (Wildman–Crippen LogP) is 3.89. The van der Waals surface area contributed by atoms with E-state index in [0.717, 1.165) is 29.6 Å². The average molecular weight is 438 g/mol. The van der Waals surface area contributed by atoms with Crippen molar-refractivity contribution in [3.8, 4) is 6.07 Å². The Morgan fingerprint density at radius 3 is 2.50 bits per heavy atom. The van der Waals surface area contributed by atoms with Gasteiger partial charge in [-0.15, -0.1) is 24.0 Å². The standard InChI is InChI=1S/C18H22N4O.HI/c1-4-20-18(22-14(3)17-10-5-13(2)23-17)21-12-16-8-6-15(11-19)7-9-16;/h5-10,14H,4,12H2,1-3H3,(H2,20,21,22);1H. The molecule has 6 heteroatoms. The lowest BCUT2D eigenvalue weighted by molar-refractivity contribution is 0.441. The third-order valence-corrected chi connectivity index (χ3v) is 3.39. The molecule has 0 bridgehead atoms. The molecule has 1 heterocycles. The molecule has 128 valence electrons. The van der Waals surface area contributed by atoms with Crippen molar-refractivity contribution in [2.45, 2.75) is 33.4 Å². The van der Waals surface area contributed by atoms with Gasteiger partial charge in [0, 0.05) is 6.54 Å². The molecule has 0 spiro atoms. The fraction of sp³-hybridized carbons (Fsp3) is 0.333. The Kier molecular flexibility index (Phi) is 8.33. The van der Waals surface area contributed by atoms with E-state index in [4.69, 9.17) is 9.68 Å². The molecular weight excluding hydrogens is 415 g/mol. The SMILES string of the molecule is CCNC(=NCc1ccc(C#N)cc1)NC(C)c1ccc(C)o1.I. The Bertz CT molecular complexity index is 701. The van der Waals surface area contributed by atoms with E-state index in [1.165, 1.54) is 0 Å². The molecule has 0 aliphatic heterocycles. The quantitative estimate of drug-likeness (QED) is 0.422. The number of nitrogens with one attached hydrogen (secondary N) is 2. The molecular formula is C18H23IN4O. The first kappa shape index (κ1) is 20.0. The van der Waals surface area contributed by atoms with Crippen molar-refractivity contribution in [1.29, 1.82) is 5.26 Å². The maximum absolute atomic E-state index is 8.82. The number of guanidine groups is 1. The molecule has 0 fully saturated rings. The predicted molar refractivity (Wildman–Crippen MR) is 106 cm³/mol. The minimum atomic E-state index is 0. The van der Waals surface area contributed by atoms with Gasteiger partial charge >= 0.3 is 0 Å². The summed E-state index contributed by atoms with van der Waals surface area (Å²) < 4.78 is 5.64. The number of halogens is 1. The van der Waals surface area contributed by atoms with Crippen molar-refractivity contribution < 1.29 is 4.42 Å². The first-order valence-electron chi connectivity index (χ1n) is 7.72. The van der Waals surface area contributed by atoms with Gasteiger partial charge in [0.15, 0.2) is 5.96 Å². The molecule has 2 aromatic rings. The van der Waals surface area contributed by atoms with Gasteiger partial charge in [0.05, 0.1) is 24.2 Å². The lowest BCUT2D eigenvalue weighted by atomic mass is 10.1. The van der Waals surface area contributed by atoms with Crippen LogP contribution in [0.3, 0.4) is 0 Å². The molecule has 0 saturated heterocycles. The summed E-state index contributed by atoms with van der Waals surface area (Å²) >= 11 is 0. The molecule has 1 aromatic heterocycles. The van der Waals surface area contributed by atoms with E-state index in [0.29, 0.717) is 12.1 Å². The van der Waals surface area contributed by atoms with E-state index in [2.05, 4.69) is 21.7 Å². The number of nitrogens with zero attached hydrogens (tertiary/aromatic N) is 2. The monoisotopic (exact) mass is 438 g/mol. The van der Waals surface area contributed by atoms with Crippen LogP contribution in [0.2, 0.25) is 0 Å². The van der Waals surface area contributed by atoms with Gasteiger partial charge in [-0.25, -0.2) is 4.99 Å². The van der Waals surface area contributed by atoms with Gasteiger partial charge in [-0.05, 0) is 50.6 Å². The first-order chi connectivity index (χ1) is 11.1. The van der Waals surface area contributed by atoms with E-state index >= 15 is 0 Å². The van der Waals surface area contributed by atoms with Crippen LogP contribution in [0.25, 0.3) is 0 Å². The van der Waals surface area contributed by atoms with Crippen molar-refractivity contribution in [1.82, 2.24) is 10.6 Å². The second kappa shape index (κ2) is 9.98. The van der Waals surface area contributed by atoms with E-state index < -0.39 is 0 Å². The van der Waals surface area contributed by atoms with Crippen molar-refractivity contribution in [2.24, 2.45) is 4.99 Å². The number of aliphatic imine (C=N–C) groups is 1. The largest absolute Gasteiger partial charge is 0.464 e. The highest BCUT2D eigenvalue weighted by atomic mass is 127. The minimum Gasteiger partial charge on any atom is -0.464 e. The minimum absolute atomic E-state index is 0. The molecule has 0 aliphatic rings. The zero-order valence-electron chi connectivity index (χ0n) is 14.2. The normalized spacial score (nSPS) is 12.0. The van der Waals surface area contributed by atoms with Crippen molar-refractivity contribution in [3.05, 3.63) is 59.0 Å². The van der Waals surface area contributed by atoms with Crippen molar-refractivity contribution in [2.75, 3.05) is 6.54 Å². The lowest BCUT2D eigenvalue weighted by Crippen LogP contribution is -2.38. The Morgan fingerprint density at radius 2 is 1.96 bits per heavy atom. The summed E-state index contributed by atoms with van der Waals surface area (Å²) in [5.74, 6) is 2.51. The maximum atomic E-state index is 8.82. The van der Waals surface area contributed by atoms with Gasteiger partial charge in [0.25, 0.3) is 0 Å². The fourth-order valence-corrected chi connectivity index (χ4v) is 2.14. The van der Waals surface area contributed by atoms with Crippen LogP contribution in [0, 0.1) is 18.3 Å². The van der Waals surface area contributed by atoms with E-state index in [1.807, 2.05) is 45.0 Å². The zero-order chi connectivity index (χ0) is 16.7. The van der Waals surface area contributed by atoms with Crippen LogP contribution in [0.15, 0.2) is 45.8 Å². The van der Waals surface area contributed by atoms with Gasteiger partial charge in [-0.1, -0.05) is 12.1 Å². The highest BCUT2D eigenvalue weighted by Crippen LogP contribution is 2.15. The third kappa shape index (κ3) is 5.89. The van der Waals surface area contributed by atoms with E-state index in [-0.39, 0.29) is 30.0 Å². The summed E-state index contributed by atoms with van der Waals surface area (Å²) in [6.45, 7) is 7.32. The number of benzene rings is 1. The fourth-order valence-electron chi connectivity index (χ4n) is 2.14. The van der Waals surface area contributed by atoms with Crippen LogP contribution in [0.4, 0.5) is 0 Å². The van der Waals surface area contributed by atoms with Crippen molar-refractivity contribution in [3.63, 3.8) is 0 Å². The van der Waals surface area contributed by atoms with Gasteiger partial charge in [-0.2, -0.15) is 5.26 Å². The van der Waals surface area contributed by atoms with Gasteiger partial charge in [0.1, 0.15) is 11.5 Å². The first-order valence-corrected chi connectivity index (χ1v) is 7.72. The highest BCUT2D eigenvalue weighted by molar-refractivity contribution is 14.0. The molecule has 24 heavy (non-hydrogen) atoms. The molecule has 2 rings (SSSR count). The van der Waals surface area contributed by atoms with Crippen LogP contribution >= 0.6 is 24.0 Å². The summed E-state index contributed by atoms with van der Waals surface area (Å²) in [6.07, 6.45) is 0. The van der Waals surface area contributed by atoms with Crippen LogP contribution < -0.4 is 10.6 Å². The highest BCUT2D eigenvalue weighted by Gasteiger charge is 2.11. The smallest absolute Gasteiger partial charge is 0.192 e. The third-order valence-electron chi connectivity index (χ3n) is 3.39. The molecule has 0 amide bonds. The summed E-state index contributed by atoms with van der Waals surface area (Å²) in [5.41, 5.74) is 1.72. The summed E-state index contributed by atoms with van der Waals surface area (Å²) in [7, 11) is 0. The topological polar surface area (TPSA) is 73.3 Å². The summed E-state index contributed by atoms with van der Waals surface area (Å²) in [5, 5.41) is 15.4. The number of hydrogen-bond acceptors (Lipinski definition) is 3. The van der Waals surface area contributed by atoms with Crippen LogP contribution in [0.5, 0.6) is 0 Å². The Labute approximate surface area is 160 Å². The van der Waals surface area contributed by atoms with Crippen LogP contribution in [-0.2, 0) is 6.54 Å². The second-order valence-corrected chi connectivity index (χ2v) is 5.32. The number of furan rings is 1. The number of hydrogen-bond donors (Lipinski definition) is 2. The van der Waals surface area contributed by atoms with E-state index in [9.17, 15) is 0 Å². The van der Waals surface area contributed by atoms with Crippen LogP contribution in [0.1, 0.15) is 42.5 Å².